The van der Waals surface area contributed by atoms with Gasteiger partial charge in [0.2, 0.25) is 0 Å². The van der Waals surface area contributed by atoms with E-state index in [1.807, 2.05) is 6.07 Å². The van der Waals surface area contributed by atoms with Crippen LogP contribution in [0.25, 0.3) is 11.0 Å². The number of phosphoric ester groups is 1. The summed E-state index contributed by atoms with van der Waals surface area (Å²) in [4.78, 5) is 8.22. The average Bonchev–Trinajstić information content (AvgIpc) is 3.35. The molecule has 0 spiro atoms. The van der Waals surface area contributed by atoms with Crippen molar-refractivity contribution >= 4 is 36.3 Å². The van der Waals surface area contributed by atoms with E-state index in [1.54, 1.807) is 35.0 Å². The fourth-order valence-corrected chi connectivity index (χ4v) is 5.54. The van der Waals surface area contributed by atoms with Crippen molar-refractivity contribution in [1.29, 1.82) is 0 Å². The van der Waals surface area contributed by atoms with E-state index in [9.17, 15) is 9.67 Å². The van der Waals surface area contributed by atoms with Crippen LogP contribution in [-0.4, -0.2) is 45.1 Å². The molecule has 33 heavy (non-hydrogen) atoms. The highest BCUT2D eigenvalue weighted by Crippen LogP contribution is 2.57. The molecule has 10 nitrogen and oxygen atoms in total. The Morgan fingerprint density at radius 2 is 2.21 bits per heavy atom. The summed E-state index contributed by atoms with van der Waals surface area (Å²) in [6, 6.07) is 8.88. The molecular formula is C21H22ClN4O6P. The van der Waals surface area contributed by atoms with Gasteiger partial charge in [0.05, 0.1) is 24.7 Å². The second-order valence-electron chi connectivity index (χ2n) is 7.78. The van der Waals surface area contributed by atoms with Gasteiger partial charge in [-0.1, -0.05) is 30.3 Å². The number of benzene rings is 1. The molecule has 0 bridgehead atoms. The second kappa shape index (κ2) is 8.81. The van der Waals surface area contributed by atoms with Crippen molar-refractivity contribution in [3.05, 3.63) is 65.6 Å². The molecule has 2 aliphatic heterocycles. The van der Waals surface area contributed by atoms with Gasteiger partial charge in [0, 0.05) is 23.2 Å². The molecule has 0 radical (unpaired) electrons. The lowest BCUT2D eigenvalue weighted by Gasteiger charge is -2.29. The van der Waals surface area contributed by atoms with Gasteiger partial charge >= 0.3 is 7.82 Å². The van der Waals surface area contributed by atoms with Gasteiger partial charge in [-0.25, -0.2) is 14.5 Å². The minimum atomic E-state index is -3.88. The lowest BCUT2D eigenvalue weighted by molar-refractivity contribution is -0.0520. The number of nitrogen functional groups attached to an aromatic ring is 1. The van der Waals surface area contributed by atoms with Crippen LogP contribution in [0.5, 0.6) is 0 Å². The van der Waals surface area contributed by atoms with Crippen molar-refractivity contribution in [3.8, 4) is 0 Å². The normalized spacial score (nSPS) is 30.2. The molecule has 1 unspecified atom stereocenters. The van der Waals surface area contributed by atoms with Crippen LogP contribution < -0.4 is 5.73 Å². The number of aliphatic hydroxyl groups excluding tert-OH is 1. The van der Waals surface area contributed by atoms with Crippen molar-refractivity contribution in [3.63, 3.8) is 0 Å². The van der Waals surface area contributed by atoms with Gasteiger partial charge in [0.25, 0.3) is 0 Å². The molecule has 5 atom stereocenters. The summed E-state index contributed by atoms with van der Waals surface area (Å²) in [6.45, 7) is 3.91. The van der Waals surface area contributed by atoms with Gasteiger partial charge in [-0.2, -0.15) is 0 Å². The monoisotopic (exact) mass is 492 g/mol. The summed E-state index contributed by atoms with van der Waals surface area (Å²) in [6.07, 6.45) is 0.469. The molecule has 2 fully saturated rings. The summed E-state index contributed by atoms with van der Waals surface area (Å²) in [7, 11) is -3.88. The Labute approximate surface area is 194 Å². The van der Waals surface area contributed by atoms with Crippen LogP contribution in [0.2, 0.25) is 5.02 Å². The molecule has 0 amide bonds. The fraction of sp³-hybridized carbons (Fsp3) is 0.333. The van der Waals surface area contributed by atoms with Gasteiger partial charge in [-0.05, 0) is 23.8 Å². The van der Waals surface area contributed by atoms with Crippen LogP contribution in [0.3, 0.4) is 0 Å². The van der Waals surface area contributed by atoms with Crippen LogP contribution in [0.15, 0.2) is 55.0 Å². The lowest BCUT2D eigenvalue weighted by Crippen LogP contribution is -2.27. The zero-order valence-corrected chi connectivity index (χ0v) is 19.1. The number of halogens is 1. The third kappa shape index (κ3) is 4.31. The molecule has 1 aromatic carbocycles. The summed E-state index contributed by atoms with van der Waals surface area (Å²) in [5, 5.41) is 11.9. The highest BCUT2D eigenvalue weighted by atomic mass is 35.5. The molecule has 174 valence electrons. The predicted molar refractivity (Wildman–Crippen MR) is 120 cm³/mol. The topological polar surface area (TPSA) is 131 Å². The average molecular weight is 493 g/mol. The van der Waals surface area contributed by atoms with E-state index < -0.39 is 32.4 Å². The van der Waals surface area contributed by atoms with Crippen molar-refractivity contribution in [1.82, 2.24) is 14.5 Å². The quantitative estimate of drug-likeness (QED) is 0.403. The number of aliphatic hydroxyl groups is 1. The standard InChI is InChI=1S/C21H22ClN4O6P/c1-12-18(27)17(31-21(12)26-7-5-15-19(23)24-11-25-20(15)26)10-30-33(28)29-8-6-16(32-33)13-3-2-4-14(22)9-13/h2-5,7,9,11,16-18,21,27H,1,6,8,10H2,(H2,23,24,25)/t16-,17-,18+,21-,33?/m1/s1. The van der Waals surface area contributed by atoms with Crippen LogP contribution in [0.4, 0.5) is 5.82 Å². The van der Waals surface area contributed by atoms with Crippen molar-refractivity contribution < 1.29 is 28.0 Å². The zero-order valence-electron chi connectivity index (χ0n) is 17.4. The van der Waals surface area contributed by atoms with E-state index >= 15 is 0 Å². The number of hydrogen-bond donors (Lipinski definition) is 2. The van der Waals surface area contributed by atoms with E-state index in [4.69, 9.17) is 35.6 Å². The summed E-state index contributed by atoms with van der Waals surface area (Å²) in [5.74, 6) is 0.335. The Morgan fingerprint density at radius 1 is 1.36 bits per heavy atom. The van der Waals surface area contributed by atoms with Gasteiger partial charge in [-0.15, -0.1) is 0 Å². The number of rotatable bonds is 5. The molecule has 12 heteroatoms. The molecule has 5 rings (SSSR count). The van der Waals surface area contributed by atoms with E-state index in [2.05, 4.69) is 16.5 Å². The molecule has 4 heterocycles. The maximum Gasteiger partial charge on any atom is 0.475 e. The number of hydrogen-bond acceptors (Lipinski definition) is 9. The van der Waals surface area contributed by atoms with Crippen molar-refractivity contribution in [2.45, 2.75) is 31.0 Å². The SMILES string of the molecule is C=C1[C@H](n2ccc3c(N)ncnc32)O[C@H](COP2(=O)OCC[C@H](c3cccc(Cl)c3)O2)[C@H]1O. The van der Waals surface area contributed by atoms with Crippen LogP contribution in [-0.2, 0) is 22.9 Å². The molecule has 2 saturated heterocycles. The summed E-state index contributed by atoms with van der Waals surface area (Å²) < 4.78 is 37.3. The van der Waals surface area contributed by atoms with Gasteiger partial charge < -0.3 is 20.1 Å². The number of nitrogens with two attached hydrogens (primary N) is 1. The van der Waals surface area contributed by atoms with Gasteiger partial charge in [0.15, 0.2) is 6.23 Å². The van der Waals surface area contributed by atoms with Crippen LogP contribution in [0, 0.1) is 0 Å². The molecule has 3 aromatic rings. The first kappa shape index (κ1) is 22.5. The highest BCUT2D eigenvalue weighted by Gasteiger charge is 2.43. The zero-order chi connectivity index (χ0) is 23.2. The third-order valence-corrected chi connectivity index (χ3v) is 7.36. The van der Waals surface area contributed by atoms with Gasteiger partial charge in [-0.3, -0.25) is 13.6 Å². The Morgan fingerprint density at radius 3 is 3.03 bits per heavy atom. The Hall–Kier alpha value is -2.30. The molecule has 2 aliphatic rings. The molecule has 3 N–H and O–H groups in total. The number of phosphoric acid groups is 1. The lowest BCUT2D eigenvalue weighted by atomic mass is 10.1. The van der Waals surface area contributed by atoms with E-state index in [-0.39, 0.29) is 13.2 Å². The van der Waals surface area contributed by atoms with E-state index in [0.29, 0.717) is 33.9 Å². The summed E-state index contributed by atoms with van der Waals surface area (Å²) >= 11 is 6.06. The Kier molecular flexibility index (Phi) is 6.00. The first-order valence-corrected chi connectivity index (χ1v) is 12.1. The van der Waals surface area contributed by atoms with Crippen molar-refractivity contribution in [2.24, 2.45) is 0 Å². The maximum atomic E-state index is 13.1. The molecule has 2 aromatic heterocycles. The molecule has 0 saturated carbocycles. The second-order valence-corrected chi connectivity index (χ2v) is 9.84. The first-order valence-electron chi connectivity index (χ1n) is 10.3. The van der Waals surface area contributed by atoms with Crippen molar-refractivity contribution in [2.75, 3.05) is 18.9 Å². The number of aromatic nitrogens is 3. The summed E-state index contributed by atoms with van der Waals surface area (Å²) in [5.41, 5.74) is 7.62. The first-order chi connectivity index (χ1) is 15.8. The largest absolute Gasteiger partial charge is 0.475 e. The van der Waals surface area contributed by atoms with Crippen LogP contribution in [0.1, 0.15) is 24.3 Å². The highest BCUT2D eigenvalue weighted by molar-refractivity contribution is 7.48. The molecule has 0 aliphatic carbocycles. The van der Waals surface area contributed by atoms with E-state index in [0.717, 1.165) is 5.56 Å². The maximum absolute atomic E-state index is 13.1. The smallest absolute Gasteiger partial charge is 0.386 e. The van der Waals surface area contributed by atoms with Crippen LogP contribution >= 0.6 is 19.4 Å². The third-order valence-electron chi connectivity index (χ3n) is 5.65. The fourth-order valence-electron chi connectivity index (χ4n) is 3.94. The Balaban J connectivity index is 1.28. The Bertz CT molecular complexity index is 1250. The number of fused-ring (bicyclic) bond motifs is 1. The van der Waals surface area contributed by atoms with E-state index in [1.165, 1.54) is 6.33 Å². The van der Waals surface area contributed by atoms with Gasteiger partial charge in [0.1, 0.15) is 30.0 Å². The number of ether oxygens (including phenoxy) is 1. The number of anilines is 1. The number of nitrogens with zero attached hydrogens (tertiary/aromatic N) is 3. The minimum absolute atomic E-state index is 0.189. The minimum Gasteiger partial charge on any atom is -0.386 e. The molecular weight excluding hydrogens is 471 g/mol. The predicted octanol–water partition coefficient (Wildman–Crippen LogP) is 3.78.